The van der Waals surface area contributed by atoms with E-state index < -0.39 is 6.04 Å². The molecular formula is C15H19N9O. The lowest BCUT2D eigenvalue weighted by Gasteiger charge is -2.27. The minimum absolute atomic E-state index is 0.0408. The standard InChI is InChI=1S/C15H19N9O/c1-10(24-9-19-12-13(16)17-8-18-14(12)24)15(25)23-5-2-3-11(23)7-22-6-4-20-21-22/h4,6,8-11H,2-3,5,7H2,1H3,(H2,16,17,18)/t10?,11-/m0/s1. The molecule has 1 amide bonds. The fourth-order valence-electron chi connectivity index (χ4n) is 3.37. The molecule has 0 radical (unpaired) electrons. The molecule has 1 fully saturated rings. The second kappa shape index (κ2) is 6.11. The van der Waals surface area contributed by atoms with Gasteiger partial charge in [-0.1, -0.05) is 5.21 Å². The van der Waals surface area contributed by atoms with Crippen molar-refractivity contribution in [2.24, 2.45) is 0 Å². The van der Waals surface area contributed by atoms with Crippen molar-refractivity contribution in [2.45, 2.75) is 38.4 Å². The number of imidazole rings is 1. The number of amides is 1. The molecule has 3 aromatic rings. The summed E-state index contributed by atoms with van der Waals surface area (Å²) in [5.41, 5.74) is 6.91. The summed E-state index contributed by atoms with van der Waals surface area (Å²) >= 11 is 0. The molecule has 10 heteroatoms. The Morgan fingerprint density at radius 2 is 2.28 bits per heavy atom. The molecule has 0 aliphatic carbocycles. The molecule has 1 aliphatic heterocycles. The fraction of sp³-hybridized carbons (Fsp3) is 0.467. The lowest BCUT2D eigenvalue weighted by Crippen LogP contribution is -2.41. The maximum atomic E-state index is 13.1. The van der Waals surface area contributed by atoms with Crippen molar-refractivity contribution in [2.75, 3.05) is 12.3 Å². The Kier molecular flexibility index (Phi) is 3.79. The van der Waals surface area contributed by atoms with E-state index in [2.05, 4.69) is 25.3 Å². The lowest BCUT2D eigenvalue weighted by molar-refractivity contribution is -0.135. The number of nitrogen functional groups attached to an aromatic ring is 1. The van der Waals surface area contributed by atoms with Gasteiger partial charge in [0.25, 0.3) is 0 Å². The molecule has 4 heterocycles. The van der Waals surface area contributed by atoms with Crippen LogP contribution in [0.2, 0.25) is 0 Å². The molecule has 0 bridgehead atoms. The van der Waals surface area contributed by atoms with Gasteiger partial charge in [0.15, 0.2) is 11.5 Å². The topological polar surface area (TPSA) is 121 Å². The number of aromatic nitrogens is 7. The Bertz CT molecular complexity index is 888. The molecule has 25 heavy (non-hydrogen) atoms. The summed E-state index contributed by atoms with van der Waals surface area (Å²) in [6.07, 6.45) is 8.38. The summed E-state index contributed by atoms with van der Waals surface area (Å²) in [6.45, 7) is 3.25. The second-order valence-corrected chi connectivity index (χ2v) is 6.21. The molecule has 1 saturated heterocycles. The van der Waals surface area contributed by atoms with E-state index >= 15 is 0 Å². The molecule has 130 valence electrons. The van der Waals surface area contributed by atoms with E-state index in [0.29, 0.717) is 23.5 Å². The third-order valence-corrected chi connectivity index (χ3v) is 4.69. The molecular weight excluding hydrogens is 322 g/mol. The van der Waals surface area contributed by atoms with Gasteiger partial charge < -0.3 is 15.2 Å². The zero-order valence-corrected chi connectivity index (χ0v) is 13.9. The number of carbonyl (C=O) groups excluding carboxylic acids is 1. The highest BCUT2D eigenvalue weighted by Gasteiger charge is 2.33. The van der Waals surface area contributed by atoms with Crippen LogP contribution in [0, 0.1) is 0 Å². The van der Waals surface area contributed by atoms with E-state index in [9.17, 15) is 4.79 Å². The number of hydrogen-bond donors (Lipinski definition) is 1. The highest BCUT2D eigenvalue weighted by Crippen LogP contribution is 2.25. The number of rotatable bonds is 4. The van der Waals surface area contributed by atoms with Crippen LogP contribution < -0.4 is 5.73 Å². The number of nitrogens with zero attached hydrogens (tertiary/aromatic N) is 8. The third kappa shape index (κ3) is 2.69. The number of fused-ring (bicyclic) bond motifs is 1. The molecule has 10 nitrogen and oxygen atoms in total. The fourth-order valence-corrected chi connectivity index (χ4v) is 3.37. The SMILES string of the molecule is CC(C(=O)N1CCC[C@H]1Cn1ccnn1)n1cnc2c(N)ncnc21. The summed E-state index contributed by atoms with van der Waals surface area (Å²) in [5, 5.41) is 7.82. The Balaban J connectivity index is 1.57. The molecule has 4 rings (SSSR count). The first kappa shape index (κ1) is 15.5. The zero-order valence-electron chi connectivity index (χ0n) is 13.9. The van der Waals surface area contributed by atoms with E-state index in [1.165, 1.54) is 6.33 Å². The van der Waals surface area contributed by atoms with Crippen molar-refractivity contribution in [1.29, 1.82) is 0 Å². The van der Waals surface area contributed by atoms with Gasteiger partial charge in [-0.15, -0.1) is 5.10 Å². The quantitative estimate of drug-likeness (QED) is 0.722. The van der Waals surface area contributed by atoms with Gasteiger partial charge in [-0.25, -0.2) is 15.0 Å². The van der Waals surface area contributed by atoms with Crippen molar-refractivity contribution in [3.8, 4) is 0 Å². The van der Waals surface area contributed by atoms with Gasteiger partial charge in [0, 0.05) is 12.7 Å². The van der Waals surface area contributed by atoms with Crippen molar-refractivity contribution in [3.63, 3.8) is 0 Å². The largest absolute Gasteiger partial charge is 0.382 e. The third-order valence-electron chi connectivity index (χ3n) is 4.69. The molecule has 1 aliphatic rings. The molecule has 2 N–H and O–H groups in total. The van der Waals surface area contributed by atoms with Crippen molar-refractivity contribution >= 4 is 22.9 Å². The molecule has 0 saturated carbocycles. The van der Waals surface area contributed by atoms with E-state index in [1.54, 1.807) is 21.8 Å². The highest BCUT2D eigenvalue weighted by atomic mass is 16.2. The average Bonchev–Trinajstić information content (AvgIpc) is 3.35. The van der Waals surface area contributed by atoms with Gasteiger partial charge in [-0.2, -0.15) is 0 Å². The smallest absolute Gasteiger partial charge is 0.245 e. The number of carbonyl (C=O) groups is 1. The minimum Gasteiger partial charge on any atom is -0.382 e. The molecule has 0 aromatic carbocycles. The molecule has 0 spiro atoms. The Hall–Kier alpha value is -3.04. The van der Waals surface area contributed by atoms with Crippen molar-refractivity contribution in [3.05, 3.63) is 25.0 Å². The van der Waals surface area contributed by atoms with E-state index in [-0.39, 0.29) is 11.9 Å². The Morgan fingerprint density at radius 1 is 1.40 bits per heavy atom. The van der Waals surface area contributed by atoms with Crippen molar-refractivity contribution < 1.29 is 4.79 Å². The van der Waals surface area contributed by atoms with Crippen LogP contribution in [0.25, 0.3) is 11.2 Å². The Morgan fingerprint density at radius 3 is 3.08 bits per heavy atom. The molecule has 2 atom stereocenters. The van der Waals surface area contributed by atoms with Gasteiger partial charge in [0.2, 0.25) is 5.91 Å². The van der Waals surface area contributed by atoms with Crippen LogP contribution >= 0.6 is 0 Å². The van der Waals surface area contributed by atoms with Crippen LogP contribution in [0.1, 0.15) is 25.8 Å². The monoisotopic (exact) mass is 341 g/mol. The first-order valence-electron chi connectivity index (χ1n) is 8.22. The predicted octanol–water partition coefficient (Wildman–Crippen LogP) is 0.252. The van der Waals surface area contributed by atoms with Crippen LogP contribution in [0.15, 0.2) is 25.0 Å². The minimum atomic E-state index is -0.421. The summed E-state index contributed by atoms with van der Waals surface area (Å²) in [7, 11) is 0. The lowest BCUT2D eigenvalue weighted by atomic mass is 10.2. The maximum Gasteiger partial charge on any atom is 0.245 e. The van der Waals surface area contributed by atoms with Gasteiger partial charge in [-0.05, 0) is 19.8 Å². The zero-order chi connectivity index (χ0) is 17.4. The number of nitrogens with two attached hydrogens (primary N) is 1. The van der Waals surface area contributed by atoms with E-state index in [0.717, 1.165) is 19.4 Å². The normalized spacial score (nSPS) is 18.8. The average molecular weight is 341 g/mol. The highest BCUT2D eigenvalue weighted by molar-refractivity contribution is 5.85. The van der Waals surface area contributed by atoms with Gasteiger partial charge in [0.1, 0.15) is 17.9 Å². The predicted molar refractivity (Wildman–Crippen MR) is 89.2 cm³/mol. The van der Waals surface area contributed by atoms with Crippen LogP contribution in [0.4, 0.5) is 5.82 Å². The van der Waals surface area contributed by atoms with E-state index in [4.69, 9.17) is 5.73 Å². The van der Waals surface area contributed by atoms with Crippen LogP contribution in [-0.2, 0) is 11.3 Å². The first-order valence-corrected chi connectivity index (χ1v) is 8.22. The van der Waals surface area contributed by atoms with E-state index in [1.807, 2.05) is 18.0 Å². The summed E-state index contributed by atoms with van der Waals surface area (Å²) in [5.74, 6) is 0.354. The van der Waals surface area contributed by atoms with Gasteiger partial charge in [0.05, 0.1) is 25.1 Å². The summed E-state index contributed by atoms with van der Waals surface area (Å²) in [4.78, 5) is 27.4. The van der Waals surface area contributed by atoms with Crippen LogP contribution in [0.3, 0.4) is 0 Å². The number of hydrogen-bond acceptors (Lipinski definition) is 7. The van der Waals surface area contributed by atoms with Gasteiger partial charge in [-0.3, -0.25) is 9.48 Å². The molecule has 1 unspecified atom stereocenters. The molecule has 3 aromatic heterocycles. The Labute approximate surface area is 143 Å². The maximum absolute atomic E-state index is 13.1. The summed E-state index contributed by atoms with van der Waals surface area (Å²) < 4.78 is 3.52. The van der Waals surface area contributed by atoms with Crippen LogP contribution in [0.5, 0.6) is 0 Å². The first-order chi connectivity index (χ1) is 12.1. The second-order valence-electron chi connectivity index (χ2n) is 6.21. The van der Waals surface area contributed by atoms with Crippen molar-refractivity contribution in [1.82, 2.24) is 39.4 Å². The number of anilines is 1. The summed E-state index contributed by atoms with van der Waals surface area (Å²) in [6, 6.07) is -0.304. The number of likely N-dealkylation sites (tertiary alicyclic amines) is 1. The van der Waals surface area contributed by atoms with Crippen LogP contribution in [-0.4, -0.2) is 57.9 Å². The van der Waals surface area contributed by atoms with Gasteiger partial charge >= 0.3 is 0 Å².